The van der Waals surface area contributed by atoms with Crippen molar-refractivity contribution in [2.75, 3.05) is 4.90 Å². The highest BCUT2D eigenvalue weighted by atomic mass is 16.3. The van der Waals surface area contributed by atoms with Crippen molar-refractivity contribution in [2.24, 2.45) is 0 Å². The molecule has 0 fully saturated rings. The first kappa shape index (κ1) is 34.7. The zero-order chi connectivity index (χ0) is 40.8. The van der Waals surface area contributed by atoms with E-state index in [1.54, 1.807) is 0 Å². The molecule has 13 rings (SSSR count). The van der Waals surface area contributed by atoms with Crippen molar-refractivity contribution in [3.05, 3.63) is 247 Å². The molecule has 3 nitrogen and oxygen atoms in total. The summed E-state index contributed by atoms with van der Waals surface area (Å²) in [5.41, 5.74) is 15.9. The van der Waals surface area contributed by atoms with Gasteiger partial charge < -0.3 is 13.7 Å². The van der Waals surface area contributed by atoms with Crippen LogP contribution in [-0.4, -0.2) is 0 Å². The van der Waals surface area contributed by atoms with Crippen molar-refractivity contribution in [1.29, 1.82) is 0 Å². The van der Waals surface area contributed by atoms with Gasteiger partial charge in [0.15, 0.2) is 0 Å². The number of hydrogen-bond donors (Lipinski definition) is 0. The number of nitrogens with zero attached hydrogens (tertiary/aromatic N) is 1. The molecule has 3 heteroatoms. The Morgan fingerprint density at radius 2 is 0.871 bits per heavy atom. The highest BCUT2D eigenvalue weighted by molar-refractivity contribution is 6.19. The third kappa shape index (κ3) is 5.00. The lowest BCUT2D eigenvalue weighted by atomic mass is 9.68. The van der Waals surface area contributed by atoms with Crippen LogP contribution in [-0.2, 0) is 5.41 Å². The maximum atomic E-state index is 6.70. The minimum atomic E-state index is -0.506. The van der Waals surface area contributed by atoms with Crippen molar-refractivity contribution >= 4 is 71.7 Å². The number of rotatable bonds is 6. The molecular formula is C59H37NO2. The van der Waals surface area contributed by atoms with Crippen LogP contribution in [0.2, 0.25) is 0 Å². The van der Waals surface area contributed by atoms with E-state index in [4.69, 9.17) is 8.83 Å². The number of hydrogen-bond acceptors (Lipinski definition) is 3. The molecule has 0 radical (unpaired) electrons. The molecule has 1 aliphatic rings. The summed E-state index contributed by atoms with van der Waals surface area (Å²) in [6.45, 7) is 0. The maximum absolute atomic E-state index is 6.70. The topological polar surface area (TPSA) is 29.5 Å². The van der Waals surface area contributed by atoms with Gasteiger partial charge in [-0.05, 0) is 116 Å². The molecule has 62 heavy (non-hydrogen) atoms. The smallest absolute Gasteiger partial charge is 0.137 e. The van der Waals surface area contributed by atoms with Crippen molar-refractivity contribution in [1.82, 2.24) is 0 Å². The van der Waals surface area contributed by atoms with E-state index in [1.807, 2.05) is 0 Å². The number of fused-ring (bicyclic) bond motifs is 10. The molecule has 0 aliphatic heterocycles. The molecule has 0 spiro atoms. The molecule has 0 saturated carbocycles. The summed E-state index contributed by atoms with van der Waals surface area (Å²) in [5.74, 6) is 0. The fourth-order valence-corrected chi connectivity index (χ4v) is 10.5. The molecule has 0 atom stereocenters. The van der Waals surface area contributed by atoms with Gasteiger partial charge in [-0.2, -0.15) is 0 Å². The molecule has 2 aromatic heterocycles. The van der Waals surface area contributed by atoms with Gasteiger partial charge in [0, 0.05) is 16.5 Å². The van der Waals surface area contributed by atoms with Gasteiger partial charge in [0.25, 0.3) is 0 Å². The van der Waals surface area contributed by atoms with E-state index in [9.17, 15) is 0 Å². The lowest BCUT2D eigenvalue weighted by Gasteiger charge is -2.34. The van der Waals surface area contributed by atoms with Gasteiger partial charge in [-0.25, -0.2) is 0 Å². The van der Waals surface area contributed by atoms with E-state index in [2.05, 4.69) is 229 Å². The average molecular weight is 792 g/mol. The highest BCUT2D eigenvalue weighted by Gasteiger charge is 2.45. The second-order valence-electron chi connectivity index (χ2n) is 16.4. The molecule has 10 aromatic carbocycles. The van der Waals surface area contributed by atoms with Crippen molar-refractivity contribution < 1.29 is 8.83 Å². The van der Waals surface area contributed by atoms with Crippen LogP contribution in [0.1, 0.15) is 22.3 Å². The fraction of sp³-hybridized carbons (Fsp3) is 0.0169. The third-order valence-electron chi connectivity index (χ3n) is 13.1. The van der Waals surface area contributed by atoms with Crippen molar-refractivity contribution in [3.8, 4) is 22.3 Å². The van der Waals surface area contributed by atoms with Crippen LogP contribution < -0.4 is 4.90 Å². The number of furan rings is 2. The zero-order valence-corrected chi connectivity index (χ0v) is 33.6. The van der Waals surface area contributed by atoms with Gasteiger partial charge in [0.1, 0.15) is 22.3 Å². The van der Waals surface area contributed by atoms with E-state index in [1.165, 1.54) is 38.8 Å². The minimum Gasteiger partial charge on any atom is -0.456 e. The normalized spacial score (nSPS) is 13.0. The summed E-state index contributed by atoms with van der Waals surface area (Å²) in [5, 5.41) is 6.59. The summed E-state index contributed by atoms with van der Waals surface area (Å²) >= 11 is 0. The van der Waals surface area contributed by atoms with E-state index in [0.29, 0.717) is 0 Å². The summed E-state index contributed by atoms with van der Waals surface area (Å²) in [7, 11) is 0. The van der Waals surface area contributed by atoms with Crippen molar-refractivity contribution in [3.63, 3.8) is 0 Å². The molecule has 2 heterocycles. The summed E-state index contributed by atoms with van der Waals surface area (Å²) < 4.78 is 13.4. The summed E-state index contributed by atoms with van der Waals surface area (Å²) in [6.07, 6.45) is 0. The van der Waals surface area contributed by atoms with Crippen LogP contribution in [0.3, 0.4) is 0 Å². The SMILES string of the molecule is c1ccc(-c2ccc3oc4cccc(N(c5ccc(C6(c7ccccc7)c7ccccc7-c7ccccc76)cc5)c5cccc6oc7cc8ccccc8cc7c56)c4c3c2)cc1. The second kappa shape index (κ2) is 13.4. The van der Waals surface area contributed by atoms with Crippen LogP contribution in [0.25, 0.3) is 76.9 Å². The molecule has 0 amide bonds. The highest BCUT2D eigenvalue weighted by Crippen LogP contribution is 2.56. The Kier molecular flexibility index (Phi) is 7.52. The Hall–Kier alpha value is -8.14. The average Bonchev–Trinajstić information content (AvgIpc) is 4.00. The van der Waals surface area contributed by atoms with Crippen LogP contribution in [0.4, 0.5) is 17.1 Å². The Morgan fingerprint density at radius 3 is 1.53 bits per heavy atom. The first-order valence-corrected chi connectivity index (χ1v) is 21.2. The Bertz CT molecular complexity index is 3650. The fourth-order valence-electron chi connectivity index (χ4n) is 10.5. The molecule has 0 bridgehead atoms. The molecule has 12 aromatic rings. The van der Waals surface area contributed by atoms with Gasteiger partial charge in [-0.1, -0.05) is 164 Å². The Morgan fingerprint density at radius 1 is 0.339 bits per heavy atom. The molecule has 1 aliphatic carbocycles. The van der Waals surface area contributed by atoms with Gasteiger partial charge in [-0.3, -0.25) is 0 Å². The quantitative estimate of drug-likeness (QED) is 0.168. The maximum Gasteiger partial charge on any atom is 0.137 e. The van der Waals surface area contributed by atoms with Crippen LogP contribution in [0, 0.1) is 0 Å². The monoisotopic (exact) mass is 791 g/mol. The standard InChI is InChI=1S/C59H37NO2/c1-3-15-38(16-4-1)41-29-34-53-47(36-41)57-51(25-13-27-54(57)61-53)60(52-26-14-28-55-58(52)48-35-39-17-7-8-18-40(39)37-56(48)62-55)44-32-30-43(31-33-44)59(42-19-5-2-6-20-42)49-23-11-9-21-45(49)46-22-10-12-24-50(46)59/h1-37H. The zero-order valence-electron chi connectivity index (χ0n) is 33.6. The lowest BCUT2D eigenvalue weighted by molar-refractivity contribution is 0.669. The third-order valence-corrected chi connectivity index (χ3v) is 13.1. The Balaban J connectivity index is 1.09. The molecule has 0 saturated heterocycles. The first-order valence-electron chi connectivity index (χ1n) is 21.2. The van der Waals surface area contributed by atoms with Crippen LogP contribution in [0.5, 0.6) is 0 Å². The van der Waals surface area contributed by atoms with Gasteiger partial charge in [0.05, 0.1) is 27.6 Å². The largest absolute Gasteiger partial charge is 0.456 e. The molecule has 0 unspecified atom stereocenters. The van der Waals surface area contributed by atoms with Gasteiger partial charge >= 0.3 is 0 Å². The van der Waals surface area contributed by atoms with Gasteiger partial charge in [-0.15, -0.1) is 0 Å². The van der Waals surface area contributed by atoms with Crippen LogP contribution >= 0.6 is 0 Å². The molecule has 0 N–H and O–H groups in total. The van der Waals surface area contributed by atoms with E-state index in [-0.39, 0.29) is 0 Å². The predicted molar refractivity (Wildman–Crippen MR) is 256 cm³/mol. The van der Waals surface area contributed by atoms with Crippen LogP contribution in [0.15, 0.2) is 233 Å². The number of benzene rings is 10. The molecule has 290 valence electrons. The van der Waals surface area contributed by atoms with Gasteiger partial charge in [0.2, 0.25) is 0 Å². The van der Waals surface area contributed by atoms with Crippen molar-refractivity contribution in [2.45, 2.75) is 5.41 Å². The van der Waals surface area contributed by atoms with E-state index < -0.39 is 5.41 Å². The first-order chi connectivity index (χ1) is 30.7. The summed E-state index contributed by atoms with van der Waals surface area (Å²) in [4.78, 5) is 2.41. The second-order valence-corrected chi connectivity index (χ2v) is 16.4. The van der Waals surface area contributed by atoms with E-state index in [0.717, 1.165) is 77.5 Å². The predicted octanol–water partition coefficient (Wildman–Crippen LogP) is 16.1. The molecular weight excluding hydrogens is 755 g/mol. The lowest BCUT2D eigenvalue weighted by Crippen LogP contribution is -2.28. The minimum absolute atomic E-state index is 0.506. The Labute approximate surface area is 358 Å². The number of anilines is 3. The summed E-state index contributed by atoms with van der Waals surface area (Å²) in [6, 6.07) is 81.0. The van der Waals surface area contributed by atoms with E-state index >= 15 is 0 Å².